The van der Waals surface area contributed by atoms with Crippen molar-refractivity contribution < 1.29 is 14.0 Å². The largest absolute Gasteiger partial charge is 0.446 e. The van der Waals surface area contributed by atoms with E-state index in [1.165, 1.54) is 31.9 Å². The van der Waals surface area contributed by atoms with Crippen molar-refractivity contribution in [2.75, 3.05) is 0 Å². The topological polar surface area (TPSA) is 75.4 Å². The normalized spacial score (nSPS) is 16.9. The Hall–Kier alpha value is -1.85. The molecule has 1 N–H and O–H groups in total. The first-order chi connectivity index (χ1) is 12.9. The summed E-state index contributed by atoms with van der Waals surface area (Å²) in [7, 11) is 0. The van der Waals surface area contributed by atoms with Crippen LogP contribution in [0.3, 0.4) is 0 Å². The standard InChI is InChI=1S/C21H35N3O3/c1-5-15(3)22-21(26)18-14-27-19(23-18)13-24(16(4)6-2)20(25)12-11-17-9-7-8-10-17/h14-17H,5-13H2,1-4H3,(H,22,26)/t15-,16+/m0/s1. The molecule has 0 saturated heterocycles. The van der Waals surface area contributed by atoms with Gasteiger partial charge in [0.25, 0.3) is 5.91 Å². The van der Waals surface area contributed by atoms with E-state index < -0.39 is 0 Å². The minimum absolute atomic E-state index is 0.0893. The van der Waals surface area contributed by atoms with Gasteiger partial charge in [-0.05, 0) is 39.0 Å². The van der Waals surface area contributed by atoms with Crippen molar-refractivity contribution in [3.63, 3.8) is 0 Å². The summed E-state index contributed by atoms with van der Waals surface area (Å²) in [5, 5.41) is 2.88. The van der Waals surface area contributed by atoms with Crippen molar-refractivity contribution in [1.29, 1.82) is 0 Å². The van der Waals surface area contributed by atoms with E-state index in [-0.39, 0.29) is 29.6 Å². The number of rotatable bonds is 10. The van der Waals surface area contributed by atoms with Crippen LogP contribution in [0.4, 0.5) is 0 Å². The van der Waals surface area contributed by atoms with Crippen LogP contribution in [0.15, 0.2) is 10.7 Å². The number of aromatic nitrogens is 1. The second-order valence-electron chi connectivity index (χ2n) is 7.88. The lowest BCUT2D eigenvalue weighted by atomic mass is 10.0. The quantitative estimate of drug-likeness (QED) is 0.659. The number of carbonyl (C=O) groups excluding carboxylic acids is 2. The molecule has 1 heterocycles. The van der Waals surface area contributed by atoms with Gasteiger partial charge in [-0.15, -0.1) is 0 Å². The predicted molar refractivity (Wildman–Crippen MR) is 105 cm³/mol. The number of hydrogen-bond donors (Lipinski definition) is 1. The number of nitrogens with zero attached hydrogens (tertiary/aromatic N) is 2. The summed E-state index contributed by atoms with van der Waals surface area (Å²) in [6.07, 6.45) is 9.76. The fourth-order valence-corrected chi connectivity index (χ4v) is 3.51. The Kier molecular flexibility index (Phi) is 8.32. The first-order valence-electron chi connectivity index (χ1n) is 10.5. The van der Waals surface area contributed by atoms with Crippen LogP contribution in [-0.2, 0) is 11.3 Å². The van der Waals surface area contributed by atoms with E-state index in [1.807, 2.05) is 25.7 Å². The predicted octanol–water partition coefficient (Wildman–Crippen LogP) is 4.30. The molecule has 0 aromatic carbocycles. The molecule has 1 aromatic rings. The first-order valence-corrected chi connectivity index (χ1v) is 10.5. The van der Waals surface area contributed by atoms with Gasteiger partial charge in [-0.3, -0.25) is 9.59 Å². The van der Waals surface area contributed by atoms with Crippen LogP contribution in [0.2, 0.25) is 0 Å². The van der Waals surface area contributed by atoms with E-state index >= 15 is 0 Å². The molecule has 0 spiro atoms. The molecule has 2 rings (SSSR count). The van der Waals surface area contributed by atoms with Crippen LogP contribution in [0, 0.1) is 5.92 Å². The maximum atomic E-state index is 12.8. The zero-order chi connectivity index (χ0) is 19.8. The molecular formula is C21H35N3O3. The number of oxazole rings is 1. The molecule has 27 heavy (non-hydrogen) atoms. The Morgan fingerprint density at radius 2 is 1.96 bits per heavy atom. The highest BCUT2D eigenvalue weighted by Crippen LogP contribution is 2.29. The second-order valence-corrected chi connectivity index (χ2v) is 7.88. The van der Waals surface area contributed by atoms with Crippen LogP contribution in [0.5, 0.6) is 0 Å². The third kappa shape index (κ3) is 6.36. The average Bonchev–Trinajstić information content (AvgIpc) is 3.35. The second kappa shape index (κ2) is 10.5. The third-order valence-electron chi connectivity index (χ3n) is 5.76. The van der Waals surface area contributed by atoms with Crippen molar-refractivity contribution in [2.24, 2.45) is 5.92 Å². The van der Waals surface area contributed by atoms with Gasteiger partial charge in [0.2, 0.25) is 11.8 Å². The Bertz CT molecular complexity index is 608. The van der Waals surface area contributed by atoms with Gasteiger partial charge in [-0.1, -0.05) is 39.5 Å². The minimum Gasteiger partial charge on any atom is -0.446 e. The van der Waals surface area contributed by atoms with E-state index in [2.05, 4.69) is 17.2 Å². The van der Waals surface area contributed by atoms with Gasteiger partial charge in [0.15, 0.2) is 5.69 Å². The molecule has 1 aliphatic rings. The number of hydrogen-bond acceptors (Lipinski definition) is 4. The van der Waals surface area contributed by atoms with E-state index in [9.17, 15) is 9.59 Å². The van der Waals surface area contributed by atoms with Crippen LogP contribution in [0.25, 0.3) is 0 Å². The Balaban J connectivity index is 1.96. The van der Waals surface area contributed by atoms with Gasteiger partial charge < -0.3 is 14.6 Å². The summed E-state index contributed by atoms with van der Waals surface area (Å²) in [6.45, 7) is 8.40. The SMILES string of the molecule is CC[C@@H](C)N(Cc1nc(C(=O)N[C@@H](C)CC)co1)C(=O)CCC1CCCC1. The smallest absolute Gasteiger partial charge is 0.273 e. The maximum Gasteiger partial charge on any atom is 0.273 e. The van der Waals surface area contributed by atoms with Crippen molar-refractivity contribution in [2.45, 2.75) is 97.7 Å². The lowest BCUT2D eigenvalue weighted by molar-refractivity contribution is -0.134. The number of nitrogens with one attached hydrogen (secondary N) is 1. The van der Waals surface area contributed by atoms with E-state index in [0.717, 1.165) is 19.3 Å². The van der Waals surface area contributed by atoms with Crippen LogP contribution in [-0.4, -0.2) is 33.8 Å². The van der Waals surface area contributed by atoms with Crippen molar-refractivity contribution in [3.05, 3.63) is 17.8 Å². The summed E-state index contributed by atoms with van der Waals surface area (Å²) in [6, 6.07) is 0.205. The first kappa shape index (κ1) is 21.5. The molecule has 2 amide bonds. The lowest BCUT2D eigenvalue weighted by Gasteiger charge is -2.28. The Labute approximate surface area is 163 Å². The average molecular weight is 378 g/mol. The fourth-order valence-electron chi connectivity index (χ4n) is 3.51. The summed E-state index contributed by atoms with van der Waals surface area (Å²) >= 11 is 0. The van der Waals surface area contributed by atoms with Crippen LogP contribution < -0.4 is 5.32 Å². The van der Waals surface area contributed by atoms with E-state index in [0.29, 0.717) is 24.8 Å². The molecule has 6 nitrogen and oxygen atoms in total. The molecule has 1 aliphatic carbocycles. The van der Waals surface area contributed by atoms with Gasteiger partial charge in [0, 0.05) is 18.5 Å². The van der Waals surface area contributed by atoms with Gasteiger partial charge in [0.1, 0.15) is 6.26 Å². The molecule has 1 aromatic heterocycles. The maximum absolute atomic E-state index is 12.8. The fraction of sp³-hybridized carbons (Fsp3) is 0.762. The van der Waals surface area contributed by atoms with E-state index in [4.69, 9.17) is 4.42 Å². The molecule has 6 heteroatoms. The number of amides is 2. The highest BCUT2D eigenvalue weighted by molar-refractivity contribution is 5.92. The molecule has 0 aliphatic heterocycles. The van der Waals surface area contributed by atoms with Crippen molar-refractivity contribution in [3.8, 4) is 0 Å². The Morgan fingerprint density at radius 1 is 1.26 bits per heavy atom. The number of carbonyl (C=O) groups is 2. The highest BCUT2D eigenvalue weighted by Gasteiger charge is 2.24. The molecule has 0 radical (unpaired) electrons. The van der Waals surface area contributed by atoms with E-state index in [1.54, 1.807) is 0 Å². The van der Waals surface area contributed by atoms with Crippen molar-refractivity contribution >= 4 is 11.8 Å². The summed E-state index contributed by atoms with van der Waals surface area (Å²) in [4.78, 5) is 31.1. The molecule has 1 fully saturated rings. The van der Waals surface area contributed by atoms with Gasteiger partial charge >= 0.3 is 0 Å². The van der Waals surface area contributed by atoms with Gasteiger partial charge in [-0.25, -0.2) is 4.98 Å². The molecular weight excluding hydrogens is 342 g/mol. The zero-order valence-corrected chi connectivity index (χ0v) is 17.3. The third-order valence-corrected chi connectivity index (χ3v) is 5.76. The zero-order valence-electron chi connectivity index (χ0n) is 17.3. The monoisotopic (exact) mass is 377 g/mol. The summed E-state index contributed by atoms with van der Waals surface area (Å²) in [5.41, 5.74) is 0.271. The lowest BCUT2D eigenvalue weighted by Crippen LogP contribution is -2.38. The molecule has 0 unspecified atom stereocenters. The summed E-state index contributed by atoms with van der Waals surface area (Å²) in [5.74, 6) is 1.03. The molecule has 2 atom stereocenters. The molecule has 1 saturated carbocycles. The minimum atomic E-state index is -0.234. The van der Waals surface area contributed by atoms with Gasteiger partial charge in [0.05, 0.1) is 6.54 Å². The molecule has 152 valence electrons. The van der Waals surface area contributed by atoms with Crippen LogP contribution >= 0.6 is 0 Å². The molecule has 0 bridgehead atoms. The van der Waals surface area contributed by atoms with Crippen LogP contribution in [0.1, 0.15) is 95.4 Å². The summed E-state index contributed by atoms with van der Waals surface area (Å²) < 4.78 is 5.49. The van der Waals surface area contributed by atoms with Crippen molar-refractivity contribution in [1.82, 2.24) is 15.2 Å². The Morgan fingerprint density at radius 3 is 2.59 bits per heavy atom. The van der Waals surface area contributed by atoms with Gasteiger partial charge in [-0.2, -0.15) is 0 Å². The highest BCUT2D eigenvalue weighted by atomic mass is 16.3.